The van der Waals surface area contributed by atoms with E-state index in [1.54, 1.807) is 0 Å². The van der Waals surface area contributed by atoms with Gasteiger partial charge in [0.15, 0.2) is 11.0 Å². The number of aromatic nitrogens is 3. The van der Waals surface area contributed by atoms with Crippen molar-refractivity contribution in [3.63, 3.8) is 0 Å². The molecule has 2 aromatic carbocycles. The number of carbonyl (C=O) groups excluding carboxylic acids is 1. The van der Waals surface area contributed by atoms with E-state index in [1.165, 1.54) is 17.3 Å². The molecule has 7 heteroatoms. The molecule has 0 bridgehead atoms. The summed E-state index contributed by atoms with van der Waals surface area (Å²) in [5, 5.41) is 12.1. The van der Waals surface area contributed by atoms with E-state index in [1.807, 2.05) is 54.0 Å². The number of amides is 1. The van der Waals surface area contributed by atoms with Crippen LogP contribution in [0.25, 0.3) is 0 Å². The molecule has 0 aliphatic carbocycles. The van der Waals surface area contributed by atoms with Crippen LogP contribution in [-0.4, -0.2) is 26.4 Å². The lowest BCUT2D eigenvalue weighted by Crippen LogP contribution is -2.14. The monoisotopic (exact) mass is 410 g/mol. The zero-order valence-electron chi connectivity index (χ0n) is 17.0. The summed E-state index contributed by atoms with van der Waals surface area (Å²) in [4.78, 5) is 12.2. The first-order valence-electron chi connectivity index (χ1n) is 9.69. The highest BCUT2D eigenvalue weighted by molar-refractivity contribution is 7.99. The van der Waals surface area contributed by atoms with Crippen LogP contribution >= 0.6 is 11.8 Å². The minimum Gasteiger partial charge on any atom is -0.486 e. The Hall–Kier alpha value is -2.80. The minimum absolute atomic E-state index is 0.0742. The number of anilines is 1. The summed E-state index contributed by atoms with van der Waals surface area (Å²) in [5.41, 5.74) is 2.06. The second-order valence-corrected chi connectivity index (χ2v) is 7.80. The molecule has 152 valence electrons. The summed E-state index contributed by atoms with van der Waals surface area (Å²) in [7, 11) is 0. The van der Waals surface area contributed by atoms with E-state index >= 15 is 0 Å². The normalized spacial score (nSPS) is 10.9. The van der Waals surface area contributed by atoms with Crippen molar-refractivity contribution in [1.82, 2.24) is 14.8 Å². The van der Waals surface area contributed by atoms with Gasteiger partial charge in [-0.25, -0.2) is 0 Å². The van der Waals surface area contributed by atoms with E-state index in [4.69, 9.17) is 4.74 Å². The largest absolute Gasteiger partial charge is 0.486 e. The molecule has 0 saturated carbocycles. The van der Waals surface area contributed by atoms with E-state index in [-0.39, 0.29) is 11.7 Å². The molecule has 0 radical (unpaired) electrons. The molecule has 0 aliphatic heterocycles. The Morgan fingerprint density at radius 3 is 2.48 bits per heavy atom. The third-order valence-corrected chi connectivity index (χ3v) is 5.38. The van der Waals surface area contributed by atoms with Crippen LogP contribution in [-0.2, 0) is 17.9 Å². The zero-order chi connectivity index (χ0) is 20.6. The minimum atomic E-state index is -0.0742. The lowest BCUT2D eigenvalue weighted by Gasteiger charge is -2.10. The predicted molar refractivity (Wildman–Crippen MR) is 116 cm³/mol. The number of thioether (sulfide) groups is 1. The van der Waals surface area contributed by atoms with Crippen LogP contribution in [0.4, 0.5) is 5.69 Å². The van der Waals surface area contributed by atoms with Crippen LogP contribution in [0.15, 0.2) is 59.8 Å². The molecule has 1 aromatic heterocycles. The number of rotatable bonds is 9. The summed E-state index contributed by atoms with van der Waals surface area (Å²) >= 11 is 1.37. The quantitative estimate of drug-likeness (QED) is 0.517. The number of carbonyl (C=O) groups is 1. The number of hydrogen-bond acceptors (Lipinski definition) is 5. The van der Waals surface area contributed by atoms with Gasteiger partial charge in [-0.3, -0.25) is 4.79 Å². The third kappa shape index (κ3) is 5.84. The van der Waals surface area contributed by atoms with Crippen molar-refractivity contribution < 1.29 is 9.53 Å². The van der Waals surface area contributed by atoms with Crippen molar-refractivity contribution in [3.05, 3.63) is 66.0 Å². The van der Waals surface area contributed by atoms with Gasteiger partial charge in [0.25, 0.3) is 0 Å². The van der Waals surface area contributed by atoms with E-state index in [9.17, 15) is 4.79 Å². The molecule has 0 fully saturated rings. The molecule has 1 heterocycles. The van der Waals surface area contributed by atoms with E-state index in [2.05, 4.69) is 41.5 Å². The highest BCUT2D eigenvalue weighted by Gasteiger charge is 2.14. The van der Waals surface area contributed by atoms with Gasteiger partial charge in [0, 0.05) is 12.2 Å². The van der Waals surface area contributed by atoms with Gasteiger partial charge in [-0.2, -0.15) is 0 Å². The van der Waals surface area contributed by atoms with E-state index in [0.717, 1.165) is 17.3 Å². The molecule has 0 unspecified atom stereocenters. The number of nitrogens with zero attached hydrogens (tertiary/aromatic N) is 3. The first kappa shape index (κ1) is 20.9. The fourth-order valence-electron chi connectivity index (χ4n) is 2.80. The van der Waals surface area contributed by atoms with Crippen LogP contribution < -0.4 is 10.1 Å². The summed E-state index contributed by atoms with van der Waals surface area (Å²) < 4.78 is 7.85. The summed E-state index contributed by atoms with van der Waals surface area (Å²) in [6.45, 7) is 7.40. The smallest absolute Gasteiger partial charge is 0.234 e. The molecule has 29 heavy (non-hydrogen) atoms. The Kier molecular flexibility index (Phi) is 7.30. The fourth-order valence-corrected chi connectivity index (χ4v) is 3.62. The maximum atomic E-state index is 12.2. The molecule has 3 aromatic rings. The second kappa shape index (κ2) is 10.1. The SMILES string of the molecule is CCn1c(COc2ccc(C(C)C)cc2)nnc1SCC(=O)Nc1ccccc1. The highest BCUT2D eigenvalue weighted by atomic mass is 32.2. The van der Waals surface area contributed by atoms with Gasteiger partial charge in [-0.05, 0) is 42.7 Å². The Balaban J connectivity index is 1.56. The molecule has 6 nitrogen and oxygen atoms in total. The molecular weight excluding hydrogens is 384 g/mol. The standard InChI is InChI=1S/C22H26N4O2S/c1-4-26-20(14-28-19-12-10-17(11-13-19)16(2)3)24-25-22(26)29-15-21(27)23-18-8-6-5-7-9-18/h5-13,16H,4,14-15H2,1-3H3,(H,23,27). The molecule has 3 rings (SSSR count). The van der Waals surface area contributed by atoms with Crippen molar-refractivity contribution in [2.45, 2.75) is 45.0 Å². The Labute approximate surface area is 175 Å². The van der Waals surface area contributed by atoms with Gasteiger partial charge >= 0.3 is 0 Å². The van der Waals surface area contributed by atoms with Crippen LogP contribution in [0.3, 0.4) is 0 Å². The van der Waals surface area contributed by atoms with Crippen LogP contribution in [0.1, 0.15) is 38.1 Å². The Bertz CT molecular complexity index is 924. The average Bonchev–Trinajstić information content (AvgIpc) is 3.13. The fraction of sp³-hybridized carbons (Fsp3) is 0.318. The van der Waals surface area contributed by atoms with Gasteiger partial charge in [0.05, 0.1) is 5.75 Å². The van der Waals surface area contributed by atoms with Crippen molar-refractivity contribution in [3.8, 4) is 5.75 Å². The molecule has 0 atom stereocenters. The lowest BCUT2D eigenvalue weighted by molar-refractivity contribution is -0.113. The van der Waals surface area contributed by atoms with Crippen molar-refractivity contribution in [2.75, 3.05) is 11.1 Å². The van der Waals surface area contributed by atoms with Gasteiger partial charge in [0.1, 0.15) is 12.4 Å². The molecule has 0 aliphatic rings. The average molecular weight is 411 g/mol. The van der Waals surface area contributed by atoms with E-state index in [0.29, 0.717) is 24.2 Å². The first-order valence-corrected chi connectivity index (χ1v) is 10.7. The molecule has 1 N–H and O–H groups in total. The maximum absolute atomic E-state index is 12.2. The van der Waals surface area contributed by atoms with Gasteiger partial charge < -0.3 is 14.6 Å². The van der Waals surface area contributed by atoms with Crippen molar-refractivity contribution >= 4 is 23.4 Å². The molecule has 1 amide bonds. The van der Waals surface area contributed by atoms with Crippen LogP contribution in [0.5, 0.6) is 5.75 Å². The van der Waals surface area contributed by atoms with Crippen LogP contribution in [0.2, 0.25) is 0 Å². The summed E-state index contributed by atoms with van der Waals surface area (Å²) in [5.74, 6) is 2.23. The number of para-hydroxylation sites is 1. The number of ether oxygens (including phenoxy) is 1. The van der Waals surface area contributed by atoms with Crippen LogP contribution in [0, 0.1) is 0 Å². The Morgan fingerprint density at radius 1 is 1.10 bits per heavy atom. The molecule has 0 saturated heterocycles. The molecular formula is C22H26N4O2S. The number of hydrogen-bond donors (Lipinski definition) is 1. The van der Waals surface area contributed by atoms with Gasteiger partial charge in [0.2, 0.25) is 5.91 Å². The zero-order valence-corrected chi connectivity index (χ0v) is 17.8. The maximum Gasteiger partial charge on any atom is 0.234 e. The Morgan fingerprint density at radius 2 is 1.83 bits per heavy atom. The lowest BCUT2D eigenvalue weighted by atomic mass is 10.0. The second-order valence-electron chi connectivity index (χ2n) is 6.86. The van der Waals surface area contributed by atoms with Crippen molar-refractivity contribution in [1.29, 1.82) is 0 Å². The topological polar surface area (TPSA) is 69.0 Å². The van der Waals surface area contributed by atoms with Crippen molar-refractivity contribution in [2.24, 2.45) is 0 Å². The predicted octanol–water partition coefficient (Wildman–Crippen LogP) is 4.73. The van der Waals surface area contributed by atoms with E-state index < -0.39 is 0 Å². The molecule has 0 spiro atoms. The van der Waals surface area contributed by atoms with Gasteiger partial charge in [-0.1, -0.05) is 55.9 Å². The number of nitrogens with one attached hydrogen (secondary N) is 1. The first-order chi connectivity index (χ1) is 14.1. The third-order valence-electron chi connectivity index (χ3n) is 4.41. The summed E-state index contributed by atoms with van der Waals surface area (Å²) in [6, 6.07) is 17.5. The summed E-state index contributed by atoms with van der Waals surface area (Å²) in [6.07, 6.45) is 0. The van der Waals surface area contributed by atoms with Gasteiger partial charge in [-0.15, -0.1) is 10.2 Å². The number of benzene rings is 2. The highest BCUT2D eigenvalue weighted by Crippen LogP contribution is 2.21.